The number of amides is 2. The SMILES string of the molecule is Cc1sc2c(c1C(=O)NCc1ccc(Cl)cc1)CCN(C(=O)OC(C)(C)C)C2. The Balaban J connectivity index is 1.69. The van der Waals surface area contributed by atoms with Crippen LogP contribution in [0.15, 0.2) is 24.3 Å². The standard InChI is InChI=1S/C21H25ClN2O3S/c1-13-18(19(25)23-11-14-5-7-15(22)8-6-14)16-9-10-24(12-17(16)28-13)20(26)27-21(2,3)4/h5-8H,9-12H2,1-4H3,(H,23,25). The third-order valence-corrected chi connectivity index (χ3v) is 5.86. The van der Waals surface area contributed by atoms with E-state index in [0.717, 1.165) is 26.4 Å². The van der Waals surface area contributed by atoms with Gasteiger partial charge in [-0.3, -0.25) is 4.79 Å². The number of nitrogens with zero attached hydrogens (tertiary/aromatic N) is 1. The van der Waals surface area contributed by atoms with Gasteiger partial charge in [0, 0.05) is 27.9 Å². The van der Waals surface area contributed by atoms with E-state index in [-0.39, 0.29) is 12.0 Å². The lowest BCUT2D eigenvalue weighted by atomic mass is 10.0. The molecular formula is C21H25ClN2O3S. The second kappa shape index (κ2) is 8.13. The Bertz CT molecular complexity index is 884. The molecule has 150 valence electrons. The molecule has 5 nitrogen and oxygen atoms in total. The van der Waals surface area contributed by atoms with Crippen LogP contribution in [0.3, 0.4) is 0 Å². The van der Waals surface area contributed by atoms with Crippen molar-refractivity contribution in [2.24, 2.45) is 0 Å². The third kappa shape index (κ3) is 4.86. The molecule has 1 N–H and O–H groups in total. The number of carbonyl (C=O) groups is 2. The van der Waals surface area contributed by atoms with E-state index in [2.05, 4.69) is 5.32 Å². The molecule has 2 heterocycles. The minimum Gasteiger partial charge on any atom is -0.444 e. The number of nitrogens with one attached hydrogen (secondary N) is 1. The van der Waals surface area contributed by atoms with Crippen LogP contribution in [-0.2, 0) is 24.2 Å². The summed E-state index contributed by atoms with van der Waals surface area (Å²) in [7, 11) is 0. The first-order valence-electron chi connectivity index (χ1n) is 9.26. The van der Waals surface area contributed by atoms with E-state index >= 15 is 0 Å². The van der Waals surface area contributed by atoms with Crippen LogP contribution >= 0.6 is 22.9 Å². The molecule has 1 aromatic heterocycles. The van der Waals surface area contributed by atoms with Crippen LogP contribution in [0.5, 0.6) is 0 Å². The zero-order chi connectivity index (χ0) is 20.5. The molecule has 7 heteroatoms. The third-order valence-electron chi connectivity index (χ3n) is 4.48. The molecule has 1 aromatic carbocycles. The maximum Gasteiger partial charge on any atom is 0.410 e. The summed E-state index contributed by atoms with van der Waals surface area (Å²) in [6.45, 7) is 9.02. The first-order valence-corrected chi connectivity index (χ1v) is 10.4. The molecule has 0 radical (unpaired) electrons. The minimum absolute atomic E-state index is 0.0735. The number of hydrogen-bond acceptors (Lipinski definition) is 4. The van der Waals surface area contributed by atoms with Gasteiger partial charge in [-0.2, -0.15) is 0 Å². The molecule has 0 bridgehead atoms. The van der Waals surface area contributed by atoms with E-state index in [1.165, 1.54) is 0 Å². The Labute approximate surface area is 174 Å². The average Bonchev–Trinajstić information content (AvgIpc) is 2.94. The highest BCUT2D eigenvalue weighted by Gasteiger charge is 2.30. The van der Waals surface area contributed by atoms with Gasteiger partial charge in [-0.25, -0.2) is 4.79 Å². The van der Waals surface area contributed by atoms with Gasteiger partial charge in [0.1, 0.15) is 5.60 Å². The fraction of sp³-hybridized carbons (Fsp3) is 0.429. The smallest absolute Gasteiger partial charge is 0.410 e. The Morgan fingerprint density at radius 3 is 2.57 bits per heavy atom. The van der Waals surface area contributed by atoms with Crippen molar-refractivity contribution < 1.29 is 14.3 Å². The van der Waals surface area contributed by atoms with Gasteiger partial charge in [-0.15, -0.1) is 11.3 Å². The molecule has 3 rings (SSSR count). The van der Waals surface area contributed by atoms with Gasteiger partial charge in [0.05, 0.1) is 12.1 Å². The summed E-state index contributed by atoms with van der Waals surface area (Å²) in [6.07, 6.45) is 0.348. The number of hydrogen-bond donors (Lipinski definition) is 1. The van der Waals surface area contributed by atoms with Crippen molar-refractivity contribution in [1.82, 2.24) is 10.2 Å². The van der Waals surface area contributed by atoms with Gasteiger partial charge in [0.25, 0.3) is 5.91 Å². The van der Waals surface area contributed by atoms with Crippen molar-refractivity contribution in [3.05, 3.63) is 55.7 Å². The summed E-state index contributed by atoms with van der Waals surface area (Å²) >= 11 is 7.48. The first-order chi connectivity index (χ1) is 13.1. The number of fused-ring (bicyclic) bond motifs is 1. The van der Waals surface area contributed by atoms with E-state index in [0.29, 0.717) is 31.1 Å². The van der Waals surface area contributed by atoms with Crippen LogP contribution in [0.25, 0.3) is 0 Å². The molecule has 28 heavy (non-hydrogen) atoms. The predicted octanol–water partition coefficient (Wildman–Crippen LogP) is 4.93. The number of ether oxygens (including phenoxy) is 1. The van der Waals surface area contributed by atoms with Gasteiger partial charge in [0.15, 0.2) is 0 Å². The van der Waals surface area contributed by atoms with Gasteiger partial charge < -0.3 is 15.0 Å². The topological polar surface area (TPSA) is 58.6 Å². The van der Waals surface area contributed by atoms with Crippen molar-refractivity contribution in [3.63, 3.8) is 0 Å². The number of aryl methyl sites for hydroxylation is 1. The van der Waals surface area contributed by atoms with Crippen molar-refractivity contribution in [3.8, 4) is 0 Å². The van der Waals surface area contributed by atoms with Crippen molar-refractivity contribution >= 4 is 34.9 Å². The molecule has 2 amide bonds. The molecule has 0 fully saturated rings. The van der Waals surface area contributed by atoms with Gasteiger partial charge in [-0.05, 0) is 57.4 Å². The number of rotatable bonds is 3. The molecule has 0 spiro atoms. The van der Waals surface area contributed by atoms with Crippen molar-refractivity contribution in [2.45, 2.75) is 52.8 Å². The fourth-order valence-electron chi connectivity index (χ4n) is 3.19. The van der Waals surface area contributed by atoms with Crippen LogP contribution in [0.4, 0.5) is 4.79 Å². The maximum absolute atomic E-state index is 12.8. The van der Waals surface area contributed by atoms with E-state index in [1.54, 1.807) is 16.2 Å². The molecule has 0 unspecified atom stereocenters. The fourth-order valence-corrected chi connectivity index (χ4v) is 4.55. The van der Waals surface area contributed by atoms with Crippen molar-refractivity contribution in [1.29, 1.82) is 0 Å². The van der Waals surface area contributed by atoms with E-state index in [4.69, 9.17) is 16.3 Å². The largest absolute Gasteiger partial charge is 0.444 e. The molecule has 2 aromatic rings. The Morgan fingerprint density at radius 1 is 1.25 bits per heavy atom. The monoisotopic (exact) mass is 420 g/mol. The number of thiophene rings is 1. The molecule has 0 saturated heterocycles. The second-order valence-electron chi connectivity index (χ2n) is 7.90. The van der Waals surface area contributed by atoms with Gasteiger partial charge in [0.2, 0.25) is 0 Å². The molecule has 1 aliphatic rings. The number of benzene rings is 1. The summed E-state index contributed by atoms with van der Waals surface area (Å²) in [5.41, 5.74) is 2.28. The van der Waals surface area contributed by atoms with Crippen LogP contribution in [0.1, 0.15) is 52.0 Å². The summed E-state index contributed by atoms with van der Waals surface area (Å²) in [5, 5.41) is 3.67. The van der Waals surface area contributed by atoms with Gasteiger partial charge in [-0.1, -0.05) is 23.7 Å². The zero-order valence-electron chi connectivity index (χ0n) is 16.6. The average molecular weight is 421 g/mol. The van der Waals surface area contributed by atoms with Gasteiger partial charge >= 0.3 is 6.09 Å². The van der Waals surface area contributed by atoms with Crippen LogP contribution < -0.4 is 5.32 Å². The first kappa shape index (κ1) is 20.7. The lowest BCUT2D eigenvalue weighted by molar-refractivity contribution is 0.0226. The second-order valence-corrected chi connectivity index (χ2v) is 9.64. The zero-order valence-corrected chi connectivity index (χ0v) is 18.2. The summed E-state index contributed by atoms with van der Waals surface area (Å²) < 4.78 is 5.48. The Morgan fingerprint density at radius 2 is 1.93 bits per heavy atom. The minimum atomic E-state index is -0.518. The molecule has 0 aliphatic carbocycles. The predicted molar refractivity (Wildman–Crippen MR) is 112 cm³/mol. The van der Waals surface area contributed by atoms with E-state index in [1.807, 2.05) is 52.0 Å². The highest BCUT2D eigenvalue weighted by Crippen LogP contribution is 2.33. The molecule has 0 atom stereocenters. The van der Waals surface area contributed by atoms with Crippen molar-refractivity contribution in [2.75, 3.05) is 6.54 Å². The van der Waals surface area contributed by atoms with E-state index < -0.39 is 5.60 Å². The molecular weight excluding hydrogens is 396 g/mol. The summed E-state index contributed by atoms with van der Waals surface area (Å²) in [4.78, 5) is 28.9. The number of carbonyl (C=O) groups excluding carboxylic acids is 2. The quantitative estimate of drug-likeness (QED) is 0.765. The normalized spacial score (nSPS) is 13.8. The summed E-state index contributed by atoms with van der Waals surface area (Å²) in [5.74, 6) is -0.0735. The van der Waals surface area contributed by atoms with E-state index in [9.17, 15) is 9.59 Å². The summed E-state index contributed by atoms with van der Waals surface area (Å²) in [6, 6.07) is 7.42. The van der Waals surface area contributed by atoms with Crippen LogP contribution in [0, 0.1) is 6.92 Å². The number of halogens is 1. The Kier molecular flexibility index (Phi) is 6.01. The Hall–Kier alpha value is -2.05. The van der Waals surface area contributed by atoms with Crippen LogP contribution in [0.2, 0.25) is 5.02 Å². The molecule has 1 aliphatic heterocycles. The maximum atomic E-state index is 12.8. The highest BCUT2D eigenvalue weighted by atomic mass is 35.5. The molecule has 0 saturated carbocycles. The lowest BCUT2D eigenvalue weighted by Crippen LogP contribution is -2.39. The van der Waals surface area contributed by atoms with Crippen LogP contribution in [-0.4, -0.2) is 29.0 Å². The highest BCUT2D eigenvalue weighted by molar-refractivity contribution is 7.12. The lowest BCUT2D eigenvalue weighted by Gasteiger charge is -2.30.